The van der Waals surface area contributed by atoms with E-state index in [9.17, 15) is 9.18 Å². The number of ether oxygens (including phenoxy) is 2. The summed E-state index contributed by atoms with van der Waals surface area (Å²) < 4.78 is 40.7. The molecule has 3 saturated heterocycles. The normalized spacial score (nSPS) is 26.4. The number of hydrogen-bond donors (Lipinski definition) is 1. The lowest BCUT2D eigenvalue weighted by Crippen LogP contribution is -2.49. The summed E-state index contributed by atoms with van der Waals surface area (Å²) in [6.45, 7) is 7.98. The van der Waals surface area contributed by atoms with E-state index in [1.807, 2.05) is 25.7 Å². The maximum Gasteiger partial charge on any atom is 0.407 e. The Morgan fingerprint density at radius 1 is 1.27 bits per heavy atom. The molecular weight excluding hydrogens is 506 g/mol. The molecule has 0 bridgehead atoms. The summed E-state index contributed by atoms with van der Waals surface area (Å²) in [6, 6.07) is -0.177. The van der Waals surface area contributed by atoms with Gasteiger partial charge in [0.15, 0.2) is 11.0 Å². The maximum atomic E-state index is 15.0. The van der Waals surface area contributed by atoms with Crippen molar-refractivity contribution < 1.29 is 23.0 Å². The van der Waals surface area contributed by atoms with Gasteiger partial charge < -0.3 is 19.7 Å². The number of carbonyl (C=O) groups excluding carboxylic acids is 1. The van der Waals surface area contributed by atoms with Gasteiger partial charge in [-0.15, -0.1) is 0 Å². The van der Waals surface area contributed by atoms with Gasteiger partial charge in [-0.05, 0) is 53.0 Å². The Morgan fingerprint density at radius 2 is 2.08 bits per heavy atom. The first-order valence-corrected chi connectivity index (χ1v) is 13.2. The quantitative estimate of drug-likeness (QED) is 0.564. The molecule has 1 amide bonds. The van der Waals surface area contributed by atoms with Gasteiger partial charge in [0.25, 0.3) is 0 Å². The molecule has 0 aromatic carbocycles. The maximum absolute atomic E-state index is 15.0. The zero-order valence-corrected chi connectivity index (χ0v) is 22.2. The highest BCUT2D eigenvalue weighted by Crippen LogP contribution is 2.40. The molecule has 0 saturated carbocycles. The van der Waals surface area contributed by atoms with Gasteiger partial charge in [-0.2, -0.15) is 9.97 Å². The lowest BCUT2D eigenvalue weighted by Gasteiger charge is -2.35. The van der Waals surface area contributed by atoms with Gasteiger partial charge in [0.1, 0.15) is 29.7 Å². The minimum absolute atomic E-state index is 0.00873. The fourth-order valence-corrected chi connectivity index (χ4v) is 5.85. The van der Waals surface area contributed by atoms with Crippen LogP contribution in [0.25, 0.3) is 10.9 Å². The zero-order valence-electron chi connectivity index (χ0n) is 21.4. The third-order valence-corrected chi connectivity index (χ3v) is 7.54. The summed E-state index contributed by atoms with van der Waals surface area (Å²) in [6.07, 6.45) is 3.84. The van der Waals surface area contributed by atoms with Crippen LogP contribution in [-0.4, -0.2) is 82.1 Å². The van der Waals surface area contributed by atoms with Crippen molar-refractivity contribution in [1.29, 1.82) is 0 Å². The van der Waals surface area contributed by atoms with Gasteiger partial charge in [-0.25, -0.2) is 18.6 Å². The predicted molar refractivity (Wildman–Crippen MR) is 135 cm³/mol. The second-order valence-electron chi connectivity index (χ2n) is 11.3. The fraction of sp³-hybridized carbons (Fsp3) is 0.680. The average molecular weight is 539 g/mol. The lowest BCUT2D eigenvalue weighted by molar-refractivity contribution is 0.0500. The fourth-order valence-electron chi connectivity index (χ4n) is 5.71. The summed E-state index contributed by atoms with van der Waals surface area (Å²) in [7, 11) is 0. The van der Waals surface area contributed by atoms with Crippen molar-refractivity contribution in [2.24, 2.45) is 0 Å². The molecule has 3 fully saturated rings. The first-order valence-electron chi connectivity index (χ1n) is 12.8. The Labute approximate surface area is 219 Å². The number of halogens is 3. The molecule has 3 aliphatic rings. The Hall–Kier alpha value is -2.53. The van der Waals surface area contributed by atoms with Gasteiger partial charge in [0, 0.05) is 38.3 Å². The van der Waals surface area contributed by atoms with E-state index in [1.165, 1.54) is 6.20 Å². The van der Waals surface area contributed by atoms with E-state index in [-0.39, 0.29) is 34.9 Å². The number of rotatable bonds is 5. The smallest absolute Gasteiger partial charge is 0.407 e. The molecule has 0 unspecified atom stereocenters. The van der Waals surface area contributed by atoms with E-state index in [1.54, 1.807) is 0 Å². The predicted octanol–water partition coefficient (Wildman–Crippen LogP) is 4.27. The second-order valence-corrected chi connectivity index (χ2v) is 11.6. The van der Waals surface area contributed by atoms with Crippen LogP contribution in [0.4, 0.5) is 19.4 Å². The SMILES string of the molecule is CC(C)(C)OC(=O)N[C@@H]1CCCN(c2nc(OC[C@@]34CCCN3C[C@H](F)C4)nc3c(F)c(Cl)ncc23)C1. The largest absolute Gasteiger partial charge is 0.461 e. The summed E-state index contributed by atoms with van der Waals surface area (Å²) in [4.78, 5) is 29.4. The summed E-state index contributed by atoms with van der Waals surface area (Å²) in [5, 5.41) is 3.03. The number of hydrogen-bond acceptors (Lipinski definition) is 8. The summed E-state index contributed by atoms with van der Waals surface area (Å²) in [5.74, 6) is -0.298. The molecule has 5 heterocycles. The van der Waals surface area contributed by atoms with Gasteiger partial charge >= 0.3 is 12.1 Å². The molecule has 9 nitrogen and oxygen atoms in total. The summed E-state index contributed by atoms with van der Waals surface area (Å²) >= 11 is 5.97. The lowest BCUT2D eigenvalue weighted by atomic mass is 9.95. The number of alkyl carbamates (subject to hydrolysis) is 1. The van der Waals surface area contributed by atoms with Crippen LogP contribution in [0.2, 0.25) is 5.15 Å². The molecule has 0 spiro atoms. The van der Waals surface area contributed by atoms with Gasteiger partial charge in [-0.1, -0.05) is 11.6 Å². The highest BCUT2D eigenvalue weighted by Gasteiger charge is 2.49. The van der Waals surface area contributed by atoms with E-state index < -0.39 is 23.7 Å². The molecule has 12 heteroatoms. The minimum atomic E-state index is -0.887. The van der Waals surface area contributed by atoms with Crippen LogP contribution in [0.5, 0.6) is 6.01 Å². The Morgan fingerprint density at radius 3 is 2.86 bits per heavy atom. The molecule has 0 aliphatic carbocycles. The number of anilines is 1. The number of pyridine rings is 1. The van der Waals surface area contributed by atoms with Crippen molar-refractivity contribution in [1.82, 2.24) is 25.2 Å². The molecule has 2 aromatic heterocycles. The van der Waals surface area contributed by atoms with E-state index >= 15 is 4.39 Å². The number of nitrogens with one attached hydrogen (secondary N) is 1. The van der Waals surface area contributed by atoms with E-state index in [2.05, 4.69) is 25.2 Å². The monoisotopic (exact) mass is 538 g/mol. The van der Waals surface area contributed by atoms with Crippen molar-refractivity contribution in [3.8, 4) is 6.01 Å². The Balaban J connectivity index is 1.40. The van der Waals surface area contributed by atoms with Crippen LogP contribution in [0.15, 0.2) is 6.20 Å². The van der Waals surface area contributed by atoms with E-state index in [0.29, 0.717) is 37.3 Å². The molecule has 3 atom stereocenters. The van der Waals surface area contributed by atoms with Crippen LogP contribution in [0.1, 0.15) is 52.9 Å². The van der Waals surface area contributed by atoms with Crippen molar-refractivity contribution in [2.75, 3.05) is 37.7 Å². The molecule has 5 rings (SSSR count). The molecule has 3 aliphatic heterocycles. The standard InChI is InChI=1S/C25H33ClF2N6O3/c1-24(2,3)37-23(35)30-16-6-4-8-33(13-16)21-17-11-29-20(26)18(28)19(17)31-22(32-21)36-14-25-7-5-9-34(25)12-15(27)10-25/h11,15-16H,4-10,12-14H2,1-3H3,(H,30,35)/t15-,16-,25+/m1/s1. The summed E-state index contributed by atoms with van der Waals surface area (Å²) in [5.41, 5.74) is -0.982. The van der Waals surface area contributed by atoms with Gasteiger partial charge in [0.2, 0.25) is 0 Å². The van der Waals surface area contributed by atoms with Crippen LogP contribution in [-0.2, 0) is 4.74 Å². The highest BCUT2D eigenvalue weighted by molar-refractivity contribution is 6.30. The van der Waals surface area contributed by atoms with Gasteiger partial charge in [0.05, 0.1) is 10.9 Å². The third kappa shape index (κ3) is 5.52. The number of piperidine rings is 1. The highest BCUT2D eigenvalue weighted by atomic mass is 35.5. The van der Waals surface area contributed by atoms with Crippen molar-refractivity contribution >= 4 is 34.4 Å². The average Bonchev–Trinajstić information content (AvgIpc) is 3.34. The molecular formula is C25H33ClF2N6O3. The number of alkyl halides is 1. The van der Waals surface area contributed by atoms with Gasteiger partial charge in [-0.3, -0.25) is 4.90 Å². The molecule has 1 N–H and O–H groups in total. The van der Waals surface area contributed by atoms with Crippen LogP contribution in [0.3, 0.4) is 0 Å². The van der Waals surface area contributed by atoms with Crippen LogP contribution < -0.4 is 15.0 Å². The number of aromatic nitrogens is 3. The number of amides is 1. The first-order chi connectivity index (χ1) is 17.5. The van der Waals surface area contributed by atoms with Crippen LogP contribution >= 0.6 is 11.6 Å². The third-order valence-electron chi connectivity index (χ3n) is 7.27. The molecule has 0 radical (unpaired) electrons. The van der Waals surface area contributed by atoms with Crippen molar-refractivity contribution in [3.63, 3.8) is 0 Å². The van der Waals surface area contributed by atoms with Crippen molar-refractivity contribution in [2.45, 2.75) is 76.2 Å². The molecule has 37 heavy (non-hydrogen) atoms. The van der Waals surface area contributed by atoms with Crippen LogP contribution in [0, 0.1) is 5.82 Å². The Bertz CT molecular complexity index is 1180. The zero-order chi connectivity index (χ0) is 26.4. The van der Waals surface area contributed by atoms with Crippen molar-refractivity contribution in [3.05, 3.63) is 17.2 Å². The Kier molecular flexibility index (Phi) is 7.04. The molecule has 202 valence electrons. The number of carbonyl (C=O) groups is 1. The number of nitrogens with zero attached hydrogens (tertiary/aromatic N) is 5. The van der Waals surface area contributed by atoms with E-state index in [4.69, 9.17) is 21.1 Å². The second kappa shape index (κ2) is 9.98. The first kappa shape index (κ1) is 26.1. The van der Waals surface area contributed by atoms with E-state index in [0.717, 1.165) is 32.2 Å². The number of fused-ring (bicyclic) bond motifs is 2. The minimum Gasteiger partial charge on any atom is -0.461 e. The topological polar surface area (TPSA) is 92.7 Å². The molecule has 2 aromatic rings.